The number of likely N-dealkylation sites (tertiary alicyclic amines) is 1. The zero-order valence-electron chi connectivity index (χ0n) is 16.6. The molecule has 4 nitrogen and oxygen atoms in total. The minimum absolute atomic E-state index is 0.0716. The normalized spacial score (nSPS) is 21.3. The van der Waals surface area contributed by atoms with Crippen LogP contribution in [0.2, 0.25) is 0 Å². The Morgan fingerprint density at radius 2 is 2.20 bits per heavy atom. The van der Waals surface area contributed by atoms with E-state index in [0.717, 1.165) is 41.2 Å². The Bertz CT molecular complexity index is 1090. The van der Waals surface area contributed by atoms with E-state index in [-0.39, 0.29) is 5.56 Å². The summed E-state index contributed by atoms with van der Waals surface area (Å²) in [5, 5.41) is 12.7. The molecule has 30 heavy (non-hydrogen) atoms. The number of nitrogens with one attached hydrogen (secondary N) is 1. The standard InChI is InChI=1S/C24H23FN4S/c25-20-11-16(6-7-17(20)12-26)19-4-1-3-18(24(19)23-13-27-15-30-23)14-29-10-2-5-21-22(29)8-9-28-21/h1,3-4,6-7,11,13,15,21-22,28H,2,5,8-10,14H2/t21-,22-/m1/s1. The van der Waals surface area contributed by atoms with Crippen LogP contribution < -0.4 is 5.32 Å². The van der Waals surface area contributed by atoms with Crippen molar-refractivity contribution >= 4 is 11.3 Å². The Kier molecular flexibility index (Phi) is 5.34. The number of thiazole rings is 1. The second kappa shape index (κ2) is 8.27. The second-order valence-corrected chi connectivity index (χ2v) is 8.93. The van der Waals surface area contributed by atoms with Gasteiger partial charge in [0, 0.05) is 30.4 Å². The molecule has 3 heterocycles. The lowest BCUT2D eigenvalue weighted by atomic mass is 9.92. The van der Waals surface area contributed by atoms with Crippen molar-refractivity contribution in [3.63, 3.8) is 0 Å². The van der Waals surface area contributed by atoms with Crippen molar-refractivity contribution in [1.82, 2.24) is 15.2 Å². The Labute approximate surface area is 180 Å². The van der Waals surface area contributed by atoms with Gasteiger partial charge >= 0.3 is 0 Å². The van der Waals surface area contributed by atoms with E-state index in [2.05, 4.69) is 27.3 Å². The van der Waals surface area contributed by atoms with Crippen LogP contribution in [-0.2, 0) is 6.54 Å². The largest absolute Gasteiger partial charge is 0.312 e. The molecule has 6 heteroatoms. The second-order valence-electron chi connectivity index (χ2n) is 8.04. The van der Waals surface area contributed by atoms with Crippen molar-refractivity contribution in [3.8, 4) is 27.6 Å². The van der Waals surface area contributed by atoms with Crippen molar-refractivity contribution in [3.05, 3.63) is 65.0 Å². The third-order valence-corrected chi connectivity index (χ3v) is 7.13. The van der Waals surface area contributed by atoms with E-state index >= 15 is 0 Å². The fourth-order valence-electron chi connectivity index (χ4n) is 4.96. The van der Waals surface area contributed by atoms with E-state index in [1.54, 1.807) is 17.4 Å². The summed E-state index contributed by atoms with van der Waals surface area (Å²) in [6, 6.07) is 14.2. The smallest absolute Gasteiger partial charge is 0.141 e. The summed E-state index contributed by atoms with van der Waals surface area (Å²) in [6.45, 7) is 3.08. The summed E-state index contributed by atoms with van der Waals surface area (Å²) < 4.78 is 14.4. The maximum absolute atomic E-state index is 14.4. The summed E-state index contributed by atoms with van der Waals surface area (Å²) in [6.07, 6.45) is 5.56. The highest BCUT2D eigenvalue weighted by Gasteiger charge is 2.35. The Hall–Kier alpha value is -2.59. The molecule has 0 unspecified atom stereocenters. The van der Waals surface area contributed by atoms with Crippen molar-refractivity contribution in [2.45, 2.75) is 37.9 Å². The molecule has 0 spiro atoms. The Morgan fingerprint density at radius 3 is 3.00 bits per heavy atom. The average molecular weight is 419 g/mol. The van der Waals surface area contributed by atoms with E-state index in [1.165, 1.54) is 30.9 Å². The lowest BCUT2D eigenvalue weighted by Crippen LogP contribution is -2.47. The highest BCUT2D eigenvalue weighted by molar-refractivity contribution is 7.13. The predicted octanol–water partition coefficient (Wildman–Crippen LogP) is 4.81. The van der Waals surface area contributed by atoms with Crippen LogP contribution in [0.4, 0.5) is 4.39 Å². The summed E-state index contributed by atoms with van der Waals surface area (Å²) in [4.78, 5) is 7.99. The molecule has 0 amide bonds. The average Bonchev–Trinajstić information content (AvgIpc) is 3.46. The first-order chi connectivity index (χ1) is 14.7. The minimum Gasteiger partial charge on any atom is -0.312 e. The molecule has 2 atom stereocenters. The van der Waals surface area contributed by atoms with Gasteiger partial charge in [-0.3, -0.25) is 9.88 Å². The van der Waals surface area contributed by atoms with E-state index in [9.17, 15) is 4.39 Å². The molecule has 2 fully saturated rings. The molecule has 2 aliphatic rings. The van der Waals surface area contributed by atoms with E-state index in [1.807, 2.05) is 29.9 Å². The number of hydrogen-bond donors (Lipinski definition) is 1. The summed E-state index contributed by atoms with van der Waals surface area (Å²) in [5.41, 5.74) is 6.05. The van der Waals surface area contributed by atoms with Crippen LogP contribution in [0, 0.1) is 17.1 Å². The maximum Gasteiger partial charge on any atom is 0.141 e. The van der Waals surface area contributed by atoms with Gasteiger partial charge in [-0.25, -0.2) is 4.39 Å². The van der Waals surface area contributed by atoms with Crippen LogP contribution >= 0.6 is 11.3 Å². The number of aromatic nitrogens is 1. The van der Waals surface area contributed by atoms with Crippen LogP contribution in [0.5, 0.6) is 0 Å². The van der Waals surface area contributed by atoms with Gasteiger partial charge in [-0.1, -0.05) is 24.3 Å². The molecule has 1 N–H and O–H groups in total. The number of nitriles is 1. The van der Waals surface area contributed by atoms with Gasteiger partial charge in [0.15, 0.2) is 0 Å². The predicted molar refractivity (Wildman–Crippen MR) is 117 cm³/mol. The summed E-state index contributed by atoms with van der Waals surface area (Å²) >= 11 is 1.60. The quantitative estimate of drug-likeness (QED) is 0.660. The van der Waals surface area contributed by atoms with Gasteiger partial charge < -0.3 is 5.32 Å². The molecule has 3 aromatic rings. The minimum atomic E-state index is -0.480. The monoisotopic (exact) mass is 418 g/mol. The molecule has 1 aromatic heterocycles. The number of piperidine rings is 1. The molecule has 0 aliphatic carbocycles. The van der Waals surface area contributed by atoms with Crippen LogP contribution in [-0.4, -0.2) is 35.1 Å². The fourth-order valence-corrected chi connectivity index (χ4v) is 5.67. The van der Waals surface area contributed by atoms with Crippen LogP contribution in [0.25, 0.3) is 21.6 Å². The Morgan fingerprint density at radius 1 is 1.27 bits per heavy atom. The first-order valence-corrected chi connectivity index (χ1v) is 11.3. The molecule has 2 aromatic carbocycles. The molecule has 0 saturated carbocycles. The zero-order valence-corrected chi connectivity index (χ0v) is 17.5. The number of nitrogens with zero attached hydrogens (tertiary/aromatic N) is 3. The topological polar surface area (TPSA) is 52.0 Å². The third-order valence-electron chi connectivity index (χ3n) is 6.34. The SMILES string of the molecule is N#Cc1ccc(-c2cccc(CN3CCC[C@H]4NCC[C@H]43)c2-c2cncs2)cc1F. The summed E-state index contributed by atoms with van der Waals surface area (Å²) in [5.74, 6) is -0.480. The van der Waals surface area contributed by atoms with E-state index in [0.29, 0.717) is 12.1 Å². The zero-order chi connectivity index (χ0) is 20.5. The number of hydrogen-bond acceptors (Lipinski definition) is 5. The van der Waals surface area contributed by atoms with E-state index < -0.39 is 5.82 Å². The van der Waals surface area contributed by atoms with Gasteiger partial charge in [0.05, 0.1) is 16.0 Å². The van der Waals surface area contributed by atoms with Gasteiger partial charge in [0.1, 0.15) is 11.9 Å². The highest BCUT2D eigenvalue weighted by atomic mass is 32.1. The van der Waals surface area contributed by atoms with Gasteiger partial charge in [-0.05, 0) is 61.2 Å². The van der Waals surface area contributed by atoms with Crippen LogP contribution in [0.3, 0.4) is 0 Å². The van der Waals surface area contributed by atoms with Crippen molar-refractivity contribution in [2.24, 2.45) is 0 Å². The van der Waals surface area contributed by atoms with Gasteiger partial charge in [-0.15, -0.1) is 11.3 Å². The molecule has 152 valence electrons. The molecule has 2 saturated heterocycles. The molecule has 5 rings (SSSR count). The lowest BCUT2D eigenvalue weighted by Gasteiger charge is -2.37. The first kappa shape index (κ1) is 19.4. The highest BCUT2D eigenvalue weighted by Crippen LogP contribution is 2.39. The van der Waals surface area contributed by atoms with E-state index in [4.69, 9.17) is 5.26 Å². The molecular weight excluding hydrogens is 395 g/mol. The molecule has 0 radical (unpaired) electrons. The van der Waals surface area contributed by atoms with Crippen LogP contribution in [0.15, 0.2) is 48.1 Å². The number of fused-ring (bicyclic) bond motifs is 1. The maximum atomic E-state index is 14.4. The van der Waals surface area contributed by atoms with Gasteiger partial charge in [-0.2, -0.15) is 5.26 Å². The molecular formula is C24H23FN4S. The Balaban J connectivity index is 1.58. The van der Waals surface area contributed by atoms with Gasteiger partial charge in [0.25, 0.3) is 0 Å². The van der Waals surface area contributed by atoms with Crippen LogP contribution in [0.1, 0.15) is 30.4 Å². The number of benzene rings is 2. The molecule has 0 bridgehead atoms. The van der Waals surface area contributed by atoms with Crippen molar-refractivity contribution < 1.29 is 4.39 Å². The lowest BCUT2D eigenvalue weighted by molar-refractivity contribution is 0.131. The summed E-state index contributed by atoms with van der Waals surface area (Å²) in [7, 11) is 0. The fraction of sp³-hybridized carbons (Fsp3) is 0.333. The third kappa shape index (κ3) is 3.54. The molecule has 2 aliphatic heterocycles. The first-order valence-electron chi connectivity index (χ1n) is 10.4. The number of rotatable bonds is 4. The van der Waals surface area contributed by atoms with Crippen molar-refractivity contribution in [1.29, 1.82) is 5.26 Å². The number of halogens is 1. The van der Waals surface area contributed by atoms with Crippen molar-refractivity contribution in [2.75, 3.05) is 13.1 Å². The van der Waals surface area contributed by atoms with Gasteiger partial charge in [0.2, 0.25) is 0 Å².